The van der Waals surface area contributed by atoms with Crippen LogP contribution < -0.4 is 15.4 Å². The Labute approximate surface area is 179 Å². The Morgan fingerprint density at radius 1 is 0.867 bits per heavy atom. The SMILES string of the molecule is CCCNC(=O)c1ccc(NC(=O)c2ccc(NS(=O)(=O)c3cccs3)cc2)cc1. The summed E-state index contributed by atoms with van der Waals surface area (Å²) in [5.74, 6) is -0.499. The molecule has 0 bridgehead atoms. The summed E-state index contributed by atoms with van der Waals surface area (Å²) in [5, 5.41) is 7.23. The van der Waals surface area contributed by atoms with Crippen LogP contribution in [0.4, 0.5) is 11.4 Å². The lowest BCUT2D eigenvalue weighted by Crippen LogP contribution is -2.23. The molecule has 2 aromatic carbocycles. The van der Waals surface area contributed by atoms with Crippen LogP contribution in [0.15, 0.2) is 70.3 Å². The van der Waals surface area contributed by atoms with Crippen LogP contribution in [0.3, 0.4) is 0 Å². The summed E-state index contributed by atoms with van der Waals surface area (Å²) in [6.07, 6.45) is 0.855. The molecule has 0 radical (unpaired) electrons. The van der Waals surface area contributed by atoms with E-state index in [1.165, 1.54) is 30.3 Å². The van der Waals surface area contributed by atoms with E-state index >= 15 is 0 Å². The minimum absolute atomic E-state index is 0.157. The molecule has 7 nitrogen and oxygen atoms in total. The zero-order chi connectivity index (χ0) is 21.6. The quantitative estimate of drug-likeness (QED) is 0.490. The van der Waals surface area contributed by atoms with Crippen molar-refractivity contribution in [1.82, 2.24) is 5.32 Å². The highest BCUT2D eigenvalue weighted by molar-refractivity contribution is 7.94. The highest BCUT2D eigenvalue weighted by atomic mass is 32.2. The van der Waals surface area contributed by atoms with Crippen LogP contribution >= 0.6 is 11.3 Å². The number of carbonyl (C=O) groups excluding carboxylic acids is 2. The molecule has 0 saturated carbocycles. The smallest absolute Gasteiger partial charge is 0.271 e. The number of sulfonamides is 1. The van der Waals surface area contributed by atoms with Gasteiger partial charge in [0.15, 0.2) is 0 Å². The number of anilines is 2. The number of carbonyl (C=O) groups is 2. The molecule has 9 heteroatoms. The van der Waals surface area contributed by atoms with E-state index in [0.29, 0.717) is 29.0 Å². The van der Waals surface area contributed by atoms with Gasteiger partial charge in [-0.15, -0.1) is 11.3 Å². The summed E-state index contributed by atoms with van der Waals surface area (Å²) in [5.41, 5.74) is 1.81. The molecule has 3 aromatic rings. The maximum atomic E-state index is 12.4. The van der Waals surface area contributed by atoms with Gasteiger partial charge in [-0.1, -0.05) is 13.0 Å². The fourth-order valence-electron chi connectivity index (χ4n) is 2.56. The zero-order valence-electron chi connectivity index (χ0n) is 16.2. The topological polar surface area (TPSA) is 104 Å². The van der Waals surface area contributed by atoms with Crippen LogP contribution in [0.5, 0.6) is 0 Å². The molecule has 0 aliphatic carbocycles. The lowest BCUT2D eigenvalue weighted by atomic mass is 10.1. The summed E-state index contributed by atoms with van der Waals surface area (Å²) in [6, 6.07) is 15.9. The number of nitrogens with one attached hydrogen (secondary N) is 3. The predicted molar refractivity (Wildman–Crippen MR) is 119 cm³/mol. The third-order valence-corrected chi connectivity index (χ3v) is 6.88. The van der Waals surface area contributed by atoms with Crippen molar-refractivity contribution in [3.8, 4) is 0 Å². The van der Waals surface area contributed by atoms with Crippen LogP contribution in [-0.2, 0) is 10.0 Å². The Balaban J connectivity index is 1.61. The highest BCUT2D eigenvalue weighted by Gasteiger charge is 2.15. The van der Waals surface area contributed by atoms with Crippen molar-refractivity contribution in [1.29, 1.82) is 0 Å². The molecule has 0 aliphatic heterocycles. The Bertz CT molecular complexity index is 1110. The van der Waals surface area contributed by atoms with E-state index in [0.717, 1.165) is 17.8 Å². The molecule has 0 aliphatic rings. The second-order valence-corrected chi connectivity index (χ2v) is 9.26. The van der Waals surface area contributed by atoms with Crippen molar-refractivity contribution in [2.75, 3.05) is 16.6 Å². The molecule has 1 heterocycles. The van der Waals surface area contributed by atoms with Crippen molar-refractivity contribution in [3.63, 3.8) is 0 Å². The van der Waals surface area contributed by atoms with Gasteiger partial charge in [0.25, 0.3) is 21.8 Å². The number of hydrogen-bond donors (Lipinski definition) is 3. The fourth-order valence-corrected chi connectivity index (χ4v) is 4.61. The maximum absolute atomic E-state index is 12.4. The molecule has 0 fully saturated rings. The Kier molecular flexibility index (Phi) is 6.86. The summed E-state index contributed by atoms with van der Waals surface area (Å²) in [7, 11) is -3.63. The summed E-state index contributed by atoms with van der Waals surface area (Å²) >= 11 is 1.13. The molecule has 0 unspecified atom stereocenters. The average molecular weight is 444 g/mol. The third kappa shape index (κ3) is 5.46. The normalized spacial score (nSPS) is 11.0. The van der Waals surface area contributed by atoms with E-state index < -0.39 is 10.0 Å². The van der Waals surface area contributed by atoms with Crippen LogP contribution in [-0.4, -0.2) is 26.8 Å². The van der Waals surface area contributed by atoms with Gasteiger partial charge in [-0.25, -0.2) is 8.42 Å². The van der Waals surface area contributed by atoms with E-state index in [1.54, 1.807) is 35.7 Å². The van der Waals surface area contributed by atoms with Crippen LogP contribution in [0.2, 0.25) is 0 Å². The minimum Gasteiger partial charge on any atom is -0.352 e. The second kappa shape index (κ2) is 9.55. The van der Waals surface area contributed by atoms with Gasteiger partial charge in [0, 0.05) is 29.0 Å². The second-order valence-electron chi connectivity index (χ2n) is 6.40. The molecule has 3 N–H and O–H groups in total. The Morgan fingerprint density at radius 3 is 2.03 bits per heavy atom. The first-order valence-corrected chi connectivity index (χ1v) is 11.6. The molecule has 2 amide bonds. The molecular weight excluding hydrogens is 422 g/mol. The number of hydrogen-bond acceptors (Lipinski definition) is 5. The van der Waals surface area contributed by atoms with E-state index in [2.05, 4.69) is 15.4 Å². The van der Waals surface area contributed by atoms with E-state index in [-0.39, 0.29) is 16.0 Å². The molecule has 1 aromatic heterocycles. The standard InChI is InChI=1S/C21H21N3O4S2/c1-2-13-22-20(25)15-5-9-17(10-6-15)23-21(26)16-7-11-18(12-8-16)24-30(27,28)19-4-3-14-29-19/h3-12,14,24H,2,13H2,1H3,(H,22,25)(H,23,26). The van der Waals surface area contributed by atoms with Gasteiger partial charge < -0.3 is 10.6 Å². The van der Waals surface area contributed by atoms with Gasteiger partial charge >= 0.3 is 0 Å². The lowest BCUT2D eigenvalue weighted by molar-refractivity contribution is 0.0953. The Morgan fingerprint density at radius 2 is 1.47 bits per heavy atom. The lowest BCUT2D eigenvalue weighted by Gasteiger charge is -2.09. The van der Waals surface area contributed by atoms with Gasteiger partial charge in [0.2, 0.25) is 0 Å². The molecule has 30 heavy (non-hydrogen) atoms. The largest absolute Gasteiger partial charge is 0.352 e. The van der Waals surface area contributed by atoms with Gasteiger partial charge in [0.05, 0.1) is 0 Å². The van der Waals surface area contributed by atoms with Crippen molar-refractivity contribution in [2.45, 2.75) is 17.6 Å². The number of thiophene rings is 1. The highest BCUT2D eigenvalue weighted by Crippen LogP contribution is 2.21. The molecule has 3 rings (SSSR count). The third-order valence-electron chi connectivity index (χ3n) is 4.10. The van der Waals surface area contributed by atoms with Crippen molar-refractivity contribution in [3.05, 3.63) is 77.2 Å². The Hall–Kier alpha value is -3.17. The monoisotopic (exact) mass is 443 g/mol. The fraction of sp³-hybridized carbons (Fsp3) is 0.143. The van der Waals surface area contributed by atoms with Gasteiger partial charge in [-0.3, -0.25) is 14.3 Å². The van der Waals surface area contributed by atoms with Crippen molar-refractivity contribution >= 4 is 44.5 Å². The van der Waals surface area contributed by atoms with Crippen LogP contribution in [0.1, 0.15) is 34.1 Å². The van der Waals surface area contributed by atoms with Gasteiger partial charge in [0.1, 0.15) is 4.21 Å². The summed E-state index contributed by atoms with van der Waals surface area (Å²) in [4.78, 5) is 24.3. The van der Waals surface area contributed by atoms with Gasteiger partial charge in [-0.2, -0.15) is 0 Å². The van der Waals surface area contributed by atoms with Crippen molar-refractivity contribution < 1.29 is 18.0 Å². The van der Waals surface area contributed by atoms with Crippen LogP contribution in [0.25, 0.3) is 0 Å². The number of rotatable bonds is 8. The zero-order valence-corrected chi connectivity index (χ0v) is 17.8. The number of amides is 2. The molecule has 0 spiro atoms. The van der Waals surface area contributed by atoms with Crippen molar-refractivity contribution in [2.24, 2.45) is 0 Å². The number of benzene rings is 2. The molecule has 0 saturated heterocycles. The van der Waals surface area contributed by atoms with Crippen LogP contribution in [0, 0.1) is 0 Å². The first kappa shape index (κ1) is 21.5. The van der Waals surface area contributed by atoms with E-state index in [1.807, 2.05) is 6.92 Å². The van der Waals surface area contributed by atoms with E-state index in [9.17, 15) is 18.0 Å². The molecule has 156 valence electrons. The summed E-state index contributed by atoms with van der Waals surface area (Å²) in [6.45, 7) is 2.58. The minimum atomic E-state index is -3.63. The molecule has 0 atom stereocenters. The van der Waals surface area contributed by atoms with Gasteiger partial charge in [-0.05, 0) is 66.4 Å². The first-order chi connectivity index (χ1) is 14.4. The summed E-state index contributed by atoms with van der Waals surface area (Å²) < 4.78 is 27.2. The first-order valence-electron chi connectivity index (χ1n) is 9.25. The maximum Gasteiger partial charge on any atom is 0.271 e. The predicted octanol–water partition coefficient (Wildman–Crippen LogP) is 3.94. The average Bonchev–Trinajstić information content (AvgIpc) is 3.29. The molecular formula is C21H21N3O4S2. The van der Waals surface area contributed by atoms with E-state index in [4.69, 9.17) is 0 Å².